The van der Waals surface area contributed by atoms with Gasteiger partial charge in [-0.3, -0.25) is 9.89 Å². The van der Waals surface area contributed by atoms with E-state index in [0.29, 0.717) is 17.3 Å². The van der Waals surface area contributed by atoms with Gasteiger partial charge < -0.3 is 5.32 Å². The third-order valence-corrected chi connectivity index (χ3v) is 5.15. The fourth-order valence-electron chi connectivity index (χ4n) is 2.34. The van der Waals surface area contributed by atoms with E-state index >= 15 is 0 Å². The molecule has 0 radical (unpaired) electrons. The molecule has 0 atom stereocenters. The van der Waals surface area contributed by atoms with Crippen molar-refractivity contribution in [2.75, 3.05) is 11.6 Å². The smallest absolute Gasteiger partial charge is 0.255 e. The van der Waals surface area contributed by atoms with Crippen LogP contribution in [0.15, 0.2) is 47.4 Å². The molecule has 1 heterocycles. The molecule has 7 nitrogen and oxygen atoms in total. The van der Waals surface area contributed by atoms with Gasteiger partial charge in [-0.05, 0) is 37.3 Å². The lowest BCUT2D eigenvalue weighted by Crippen LogP contribution is -2.13. The van der Waals surface area contributed by atoms with Gasteiger partial charge in [-0.2, -0.15) is 5.10 Å². The number of H-pyrrole nitrogens is 1. The highest BCUT2D eigenvalue weighted by Gasteiger charge is 2.16. The first-order valence-electron chi connectivity index (χ1n) is 7.54. The summed E-state index contributed by atoms with van der Waals surface area (Å²) in [4.78, 5) is 16.6. The summed E-state index contributed by atoms with van der Waals surface area (Å²) in [5.41, 5.74) is 1.46. The minimum atomic E-state index is -3.53. The van der Waals surface area contributed by atoms with Crippen molar-refractivity contribution >= 4 is 33.0 Å². The number of nitrogens with zero attached hydrogens (tertiary/aromatic N) is 2. The zero-order chi connectivity index (χ0) is 18.9. The number of carbonyl (C=O) groups excluding carboxylic acids is 1. The van der Waals surface area contributed by atoms with Gasteiger partial charge in [0, 0.05) is 23.1 Å². The predicted molar refractivity (Wildman–Crippen MR) is 99.1 cm³/mol. The number of anilines is 1. The van der Waals surface area contributed by atoms with E-state index in [4.69, 9.17) is 11.6 Å². The first-order chi connectivity index (χ1) is 12.2. The molecule has 0 aliphatic heterocycles. The third-order valence-electron chi connectivity index (χ3n) is 3.57. The maximum Gasteiger partial charge on any atom is 0.255 e. The fraction of sp³-hybridized carbons (Fsp3) is 0.118. The molecular formula is C17H15ClN4O3S. The van der Waals surface area contributed by atoms with E-state index in [1.165, 1.54) is 18.2 Å². The number of benzene rings is 2. The molecule has 9 heteroatoms. The number of rotatable bonds is 4. The van der Waals surface area contributed by atoms with Gasteiger partial charge >= 0.3 is 0 Å². The SMILES string of the molecule is Cc1nc(-c2cccc(NC(=O)c3ccc(Cl)c(S(C)(=O)=O)c3)c2)n[nH]1. The van der Waals surface area contributed by atoms with Crippen molar-refractivity contribution in [3.8, 4) is 11.4 Å². The van der Waals surface area contributed by atoms with Crippen LogP contribution in [0.3, 0.4) is 0 Å². The average molecular weight is 391 g/mol. The van der Waals surface area contributed by atoms with Crippen LogP contribution in [0.25, 0.3) is 11.4 Å². The average Bonchev–Trinajstić information content (AvgIpc) is 3.01. The number of amides is 1. The molecule has 26 heavy (non-hydrogen) atoms. The van der Waals surface area contributed by atoms with Crippen molar-refractivity contribution in [2.45, 2.75) is 11.8 Å². The topological polar surface area (TPSA) is 105 Å². The first-order valence-corrected chi connectivity index (χ1v) is 9.81. The Hall–Kier alpha value is -2.71. The van der Waals surface area contributed by atoms with Gasteiger partial charge in [-0.25, -0.2) is 13.4 Å². The van der Waals surface area contributed by atoms with Crippen LogP contribution in [-0.2, 0) is 9.84 Å². The third kappa shape index (κ3) is 3.92. The van der Waals surface area contributed by atoms with Crippen LogP contribution in [0.5, 0.6) is 0 Å². The zero-order valence-electron chi connectivity index (χ0n) is 13.9. The number of carbonyl (C=O) groups is 1. The summed E-state index contributed by atoms with van der Waals surface area (Å²) in [5.74, 6) is 0.753. The van der Waals surface area contributed by atoms with Gasteiger partial charge in [0.05, 0.1) is 9.92 Å². The monoisotopic (exact) mass is 390 g/mol. The Bertz CT molecular complexity index is 1090. The number of nitrogens with one attached hydrogen (secondary N) is 2. The standard InChI is InChI=1S/C17H15ClN4O3S/c1-10-19-16(22-21-10)11-4-3-5-13(8-11)20-17(23)12-6-7-14(18)15(9-12)26(2,24)25/h3-9H,1-2H3,(H,20,23)(H,19,21,22). The Morgan fingerprint density at radius 1 is 1.19 bits per heavy atom. The number of hydrogen-bond donors (Lipinski definition) is 2. The van der Waals surface area contributed by atoms with Gasteiger partial charge in [0.25, 0.3) is 5.91 Å². The molecule has 0 bridgehead atoms. The normalized spacial score (nSPS) is 11.3. The van der Waals surface area contributed by atoms with Crippen molar-refractivity contribution < 1.29 is 13.2 Å². The van der Waals surface area contributed by atoms with Crippen LogP contribution in [0.1, 0.15) is 16.2 Å². The second-order valence-corrected chi connectivity index (χ2v) is 8.09. The summed E-state index contributed by atoms with van der Waals surface area (Å²) in [6, 6.07) is 11.1. The molecule has 1 amide bonds. The van der Waals surface area contributed by atoms with E-state index in [9.17, 15) is 13.2 Å². The van der Waals surface area contributed by atoms with Gasteiger partial charge in [0.1, 0.15) is 5.82 Å². The number of sulfone groups is 1. The second-order valence-electron chi connectivity index (χ2n) is 5.70. The molecule has 0 unspecified atom stereocenters. The van der Waals surface area contributed by atoms with Crippen LogP contribution in [-0.4, -0.2) is 35.8 Å². The lowest BCUT2D eigenvalue weighted by Gasteiger charge is -2.08. The van der Waals surface area contributed by atoms with Crippen molar-refractivity contribution in [3.05, 3.63) is 58.9 Å². The molecule has 2 N–H and O–H groups in total. The number of halogens is 1. The lowest BCUT2D eigenvalue weighted by atomic mass is 10.1. The summed E-state index contributed by atoms with van der Waals surface area (Å²) >= 11 is 5.91. The van der Waals surface area contributed by atoms with E-state index in [0.717, 1.165) is 11.8 Å². The number of aromatic amines is 1. The van der Waals surface area contributed by atoms with Gasteiger partial charge in [0.2, 0.25) is 0 Å². The summed E-state index contributed by atoms with van der Waals surface area (Å²) in [6.45, 7) is 1.79. The van der Waals surface area contributed by atoms with E-state index in [-0.39, 0.29) is 15.5 Å². The van der Waals surface area contributed by atoms with Gasteiger partial charge in [-0.1, -0.05) is 23.7 Å². The van der Waals surface area contributed by atoms with Crippen LogP contribution in [0.2, 0.25) is 5.02 Å². The minimum Gasteiger partial charge on any atom is -0.322 e. The van der Waals surface area contributed by atoms with E-state index in [1.54, 1.807) is 25.1 Å². The molecule has 2 aromatic carbocycles. The van der Waals surface area contributed by atoms with E-state index in [2.05, 4.69) is 20.5 Å². The Morgan fingerprint density at radius 3 is 2.62 bits per heavy atom. The van der Waals surface area contributed by atoms with E-state index in [1.807, 2.05) is 6.07 Å². The second kappa shape index (κ2) is 6.89. The molecule has 1 aromatic heterocycles. The van der Waals surface area contributed by atoms with Crippen LogP contribution >= 0.6 is 11.6 Å². The van der Waals surface area contributed by atoms with Crippen LogP contribution in [0, 0.1) is 6.92 Å². The Labute approximate surface area is 155 Å². The Morgan fingerprint density at radius 2 is 1.96 bits per heavy atom. The van der Waals surface area contributed by atoms with E-state index < -0.39 is 15.7 Å². The summed E-state index contributed by atoms with van der Waals surface area (Å²) in [7, 11) is -3.53. The van der Waals surface area contributed by atoms with Gasteiger partial charge in [-0.15, -0.1) is 0 Å². The predicted octanol–water partition coefficient (Wildman–Crippen LogP) is 3.09. The molecule has 3 rings (SSSR count). The molecule has 134 valence electrons. The van der Waals surface area contributed by atoms with Crippen molar-refractivity contribution in [1.82, 2.24) is 15.2 Å². The minimum absolute atomic E-state index is 0.0750. The summed E-state index contributed by atoms with van der Waals surface area (Å²) in [5, 5.41) is 9.65. The molecule has 3 aromatic rings. The molecule has 0 saturated carbocycles. The quantitative estimate of drug-likeness (QED) is 0.712. The summed E-state index contributed by atoms with van der Waals surface area (Å²) < 4.78 is 23.5. The highest BCUT2D eigenvalue weighted by atomic mass is 35.5. The first kappa shape index (κ1) is 18.1. The number of aromatic nitrogens is 3. The van der Waals surface area contributed by atoms with Gasteiger partial charge in [0.15, 0.2) is 15.7 Å². The molecule has 0 saturated heterocycles. The fourth-order valence-corrected chi connectivity index (χ4v) is 3.64. The molecular weight excluding hydrogens is 376 g/mol. The van der Waals surface area contributed by atoms with Crippen molar-refractivity contribution in [1.29, 1.82) is 0 Å². The summed E-state index contributed by atoms with van der Waals surface area (Å²) in [6.07, 6.45) is 1.04. The maximum atomic E-state index is 12.5. The highest BCUT2D eigenvalue weighted by Crippen LogP contribution is 2.24. The Balaban J connectivity index is 1.87. The molecule has 0 fully saturated rings. The Kier molecular flexibility index (Phi) is 4.80. The number of hydrogen-bond acceptors (Lipinski definition) is 5. The van der Waals surface area contributed by atoms with Crippen LogP contribution < -0.4 is 5.32 Å². The molecule has 0 aliphatic carbocycles. The largest absolute Gasteiger partial charge is 0.322 e. The molecule has 0 spiro atoms. The highest BCUT2D eigenvalue weighted by molar-refractivity contribution is 7.90. The van der Waals surface area contributed by atoms with Crippen molar-refractivity contribution in [3.63, 3.8) is 0 Å². The number of aryl methyl sites for hydroxylation is 1. The zero-order valence-corrected chi connectivity index (χ0v) is 15.5. The lowest BCUT2D eigenvalue weighted by molar-refractivity contribution is 0.102. The maximum absolute atomic E-state index is 12.5. The van der Waals surface area contributed by atoms with Crippen molar-refractivity contribution in [2.24, 2.45) is 0 Å². The molecule has 0 aliphatic rings. The van der Waals surface area contributed by atoms with Crippen LogP contribution in [0.4, 0.5) is 5.69 Å².